The molecule has 8 nitrogen and oxygen atoms in total. The number of carbonyl (C=O) groups excluding carboxylic acids is 2. The number of carbonyl (C=O) groups is 2. The molecule has 2 aromatic carbocycles. The number of ketones is 1. The number of rotatable bonds is 5. The van der Waals surface area contributed by atoms with Gasteiger partial charge in [-0.05, 0) is 49.1 Å². The highest BCUT2D eigenvalue weighted by molar-refractivity contribution is 7.17. The van der Waals surface area contributed by atoms with Crippen LogP contribution in [0, 0.1) is 0 Å². The minimum absolute atomic E-state index is 0.0553. The summed E-state index contributed by atoms with van der Waals surface area (Å²) in [7, 11) is 1.65. The van der Waals surface area contributed by atoms with E-state index in [9.17, 15) is 9.59 Å². The first-order valence-electron chi connectivity index (χ1n) is 12.4. The van der Waals surface area contributed by atoms with Crippen LogP contribution in [0.25, 0.3) is 10.1 Å². The van der Waals surface area contributed by atoms with E-state index in [2.05, 4.69) is 20.2 Å². The summed E-state index contributed by atoms with van der Waals surface area (Å²) in [5.74, 6) is 1.45. The molecule has 0 bridgehead atoms. The van der Waals surface area contributed by atoms with Crippen molar-refractivity contribution < 1.29 is 14.3 Å². The van der Waals surface area contributed by atoms with E-state index in [4.69, 9.17) is 4.74 Å². The average Bonchev–Trinajstić information content (AvgIpc) is 3.30. The van der Waals surface area contributed by atoms with Crippen molar-refractivity contribution in [1.29, 1.82) is 0 Å². The van der Waals surface area contributed by atoms with Gasteiger partial charge in [0.2, 0.25) is 5.78 Å². The largest absolute Gasteiger partial charge is 0.497 e. The van der Waals surface area contributed by atoms with Crippen LogP contribution in [0.1, 0.15) is 34.5 Å². The minimum Gasteiger partial charge on any atom is -0.497 e. The third-order valence-corrected chi connectivity index (χ3v) is 8.24. The average molecular weight is 514 g/mol. The van der Waals surface area contributed by atoms with Crippen LogP contribution in [0.2, 0.25) is 0 Å². The lowest BCUT2D eigenvalue weighted by molar-refractivity contribution is 0.103. The molecule has 4 heterocycles. The number of fused-ring (bicyclic) bond motifs is 2. The van der Waals surface area contributed by atoms with E-state index >= 15 is 0 Å². The lowest BCUT2D eigenvalue weighted by atomic mass is 10.0. The first-order valence-corrected chi connectivity index (χ1v) is 13.3. The fourth-order valence-electron chi connectivity index (χ4n) is 5.25. The van der Waals surface area contributed by atoms with E-state index in [1.165, 1.54) is 6.33 Å². The van der Waals surface area contributed by atoms with Gasteiger partial charge in [0.05, 0.1) is 7.11 Å². The number of nitrogens with one attached hydrogen (secondary N) is 1. The van der Waals surface area contributed by atoms with Crippen molar-refractivity contribution in [2.75, 3.05) is 37.0 Å². The predicted molar refractivity (Wildman–Crippen MR) is 145 cm³/mol. The number of hydrogen-bond donors (Lipinski definition) is 1. The SMILES string of the molecule is COc1ccc2c(c1)CCN(C1CCN(c3cc(C(=O)c4csc5ccccc45)ncn3)CC1)C(=O)N2. The van der Waals surface area contributed by atoms with E-state index in [0.29, 0.717) is 17.8 Å². The maximum atomic E-state index is 13.3. The van der Waals surface area contributed by atoms with Crippen molar-refractivity contribution in [2.24, 2.45) is 0 Å². The second-order valence-electron chi connectivity index (χ2n) is 9.35. The van der Waals surface area contributed by atoms with Gasteiger partial charge in [0.1, 0.15) is 23.6 Å². The van der Waals surface area contributed by atoms with E-state index < -0.39 is 0 Å². The molecule has 4 aromatic rings. The number of anilines is 2. The fraction of sp³-hybridized carbons (Fsp3) is 0.286. The number of amides is 2. The Morgan fingerprint density at radius 1 is 1.08 bits per heavy atom. The Bertz CT molecular complexity index is 1480. The molecule has 1 fully saturated rings. The van der Waals surface area contributed by atoms with Crippen molar-refractivity contribution >= 4 is 44.7 Å². The van der Waals surface area contributed by atoms with Crippen molar-refractivity contribution in [3.8, 4) is 5.75 Å². The highest BCUT2D eigenvalue weighted by atomic mass is 32.1. The van der Waals surface area contributed by atoms with E-state index in [1.54, 1.807) is 24.5 Å². The van der Waals surface area contributed by atoms with Gasteiger partial charge in [-0.1, -0.05) is 18.2 Å². The number of ether oxygens (including phenoxy) is 1. The Hall–Kier alpha value is -3.98. The van der Waals surface area contributed by atoms with Crippen LogP contribution in [0.4, 0.5) is 16.3 Å². The predicted octanol–water partition coefficient (Wildman–Crippen LogP) is 4.99. The minimum atomic E-state index is -0.0894. The summed E-state index contributed by atoms with van der Waals surface area (Å²) < 4.78 is 6.43. The molecule has 1 N–H and O–H groups in total. The maximum Gasteiger partial charge on any atom is 0.322 e. The zero-order valence-corrected chi connectivity index (χ0v) is 21.3. The molecule has 0 radical (unpaired) electrons. The van der Waals surface area contributed by atoms with Crippen molar-refractivity contribution in [1.82, 2.24) is 14.9 Å². The second-order valence-corrected chi connectivity index (χ2v) is 10.3. The quantitative estimate of drug-likeness (QED) is 0.378. The first kappa shape index (κ1) is 23.4. The van der Waals surface area contributed by atoms with Crippen LogP contribution in [-0.4, -0.2) is 59.5 Å². The van der Waals surface area contributed by atoms with Crippen LogP contribution in [-0.2, 0) is 6.42 Å². The van der Waals surface area contributed by atoms with Gasteiger partial charge in [-0.2, -0.15) is 0 Å². The fourth-order valence-corrected chi connectivity index (χ4v) is 6.19. The molecule has 2 aliphatic rings. The van der Waals surface area contributed by atoms with Crippen molar-refractivity contribution in [3.63, 3.8) is 0 Å². The van der Waals surface area contributed by atoms with E-state index in [0.717, 1.165) is 65.3 Å². The summed E-state index contributed by atoms with van der Waals surface area (Å²) in [6, 6.07) is 15.6. The van der Waals surface area contributed by atoms with Crippen molar-refractivity contribution in [2.45, 2.75) is 25.3 Å². The Balaban J connectivity index is 1.13. The molecule has 0 aliphatic carbocycles. The molecule has 0 saturated carbocycles. The lowest BCUT2D eigenvalue weighted by Gasteiger charge is -2.38. The Morgan fingerprint density at radius 3 is 2.76 bits per heavy atom. The number of hydrogen-bond acceptors (Lipinski definition) is 7. The Kier molecular flexibility index (Phi) is 6.21. The number of urea groups is 1. The van der Waals surface area contributed by atoms with Crippen LogP contribution < -0.4 is 15.0 Å². The second kappa shape index (κ2) is 9.82. The van der Waals surface area contributed by atoms with Crippen LogP contribution in [0.15, 0.2) is 60.2 Å². The Morgan fingerprint density at radius 2 is 1.92 bits per heavy atom. The third kappa shape index (κ3) is 4.51. The number of piperidine rings is 1. The summed E-state index contributed by atoms with van der Waals surface area (Å²) in [4.78, 5) is 39.2. The molecule has 6 rings (SSSR count). The summed E-state index contributed by atoms with van der Waals surface area (Å²) in [5.41, 5.74) is 3.01. The monoisotopic (exact) mass is 513 g/mol. The Labute approximate surface area is 218 Å². The number of aromatic nitrogens is 2. The number of benzene rings is 2. The normalized spacial score (nSPS) is 16.3. The molecule has 188 valence electrons. The van der Waals surface area contributed by atoms with Gasteiger partial charge in [0.15, 0.2) is 0 Å². The highest BCUT2D eigenvalue weighted by Gasteiger charge is 2.31. The summed E-state index contributed by atoms with van der Waals surface area (Å²) in [5, 5.41) is 5.93. The van der Waals surface area contributed by atoms with Crippen LogP contribution in [0.5, 0.6) is 5.75 Å². The van der Waals surface area contributed by atoms with Crippen LogP contribution >= 0.6 is 11.3 Å². The van der Waals surface area contributed by atoms with Gasteiger partial charge in [-0.25, -0.2) is 14.8 Å². The molecule has 0 atom stereocenters. The molecule has 0 spiro atoms. The van der Waals surface area contributed by atoms with E-state index in [-0.39, 0.29) is 17.9 Å². The molecule has 9 heteroatoms. The zero-order chi connectivity index (χ0) is 25.4. The molecule has 2 aliphatic heterocycles. The zero-order valence-electron chi connectivity index (χ0n) is 20.5. The van der Waals surface area contributed by atoms with Gasteiger partial charge in [-0.15, -0.1) is 11.3 Å². The van der Waals surface area contributed by atoms with Crippen LogP contribution in [0.3, 0.4) is 0 Å². The van der Waals surface area contributed by atoms with Gasteiger partial charge in [0, 0.05) is 58.5 Å². The van der Waals surface area contributed by atoms with Gasteiger partial charge < -0.3 is 19.9 Å². The van der Waals surface area contributed by atoms with Gasteiger partial charge in [0.25, 0.3) is 0 Å². The smallest absolute Gasteiger partial charge is 0.322 e. The summed E-state index contributed by atoms with van der Waals surface area (Å²) in [6.07, 6.45) is 3.90. The summed E-state index contributed by atoms with van der Waals surface area (Å²) >= 11 is 1.56. The molecule has 0 unspecified atom stereocenters. The first-order chi connectivity index (χ1) is 18.1. The number of thiophene rings is 1. The van der Waals surface area contributed by atoms with Gasteiger partial charge in [-0.3, -0.25) is 4.79 Å². The standard InChI is InChI=1S/C28H27N5O3S/c1-36-20-6-7-23-18(14-20)8-13-33(28(35)31-23)19-9-11-32(12-10-19)26-15-24(29-17-30-26)27(34)22-16-37-25-5-3-2-4-21(22)25/h2-7,14-17,19H,8-13H2,1H3,(H,31,35). The lowest BCUT2D eigenvalue weighted by Crippen LogP contribution is -2.49. The molecule has 2 aromatic heterocycles. The molecule has 1 saturated heterocycles. The molecule has 2 amide bonds. The molecular weight excluding hydrogens is 486 g/mol. The van der Waals surface area contributed by atoms with Crippen molar-refractivity contribution in [3.05, 3.63) is 77.1 Å². The molecular formula is C28H27N5O3S. The summed E-state index contributed by atoms with van der Waals surface area (Å²) in [6.45, 7) is 2.17. The number of nitrogens with zero attached hydrogens (tertiary/aromatic N) is 4. The maximum absolute atomic E-state index is 13.3. The highest BCUT2D eigenvalue weighted by Crippen LogP contribution is 2.30. The third-order valence-electron chi connectivity index (χ3n) is 7.28. The number of methoxy groups -OCH3 is 1. The topological polar surface area (TPSA) is 87.7 Å². The van der Waals surface area contributed by atoms with E-state index in [1.807, 2.05) is 52.7 Å². The van der Waals surface area contributed by atoms with Gasteiger partial charge >= 0.3 is 6.03 Å². The molecule has 37 heavy (non-hydrogen) atoms.